The molecule has 208 valence electrons. The van der Waals surface area contributed by atoms with Crippen LogP contribution >= 0.6 is 0 Å². The van der Waals surface area contributed by atoms with E-state index in [4.69, 9.17) is 15.5 Å². The van der Waals surface area contributed by atoms with Crippen molar-refractivity contribution in [2.75, 3.05) is 30.7 Å². The number of hydrogen-bond donors (Lipinski definition) is 2. The smallest absolute Gasteiger partial charge is 0.416 e. The molecule has 1 aliphatic heterocycles. The normalized spacial score (nSPS) is 14.4. The fourth-order valence-corrected chi connectivity index (χ4v) is 4.53. The second-order valence-corrected chi connectivity index (χ2v) is 9.09. The minimum Gasteiger partial charge on any atom is -0.448 e. The molecule has 4 heterocycles. The Bertz CT molecular complexity index is 1610. The van der Waals surface area contributed by atoms with Crippen molar-refractivity contribution in [3.8, 4) is 11.3 Å². The van der Waals surface area contributed by atoms with Gasteiger partial charge < -0.3 is 20.7 Å². The number of nitrogens with zero attached hydrogens (tertiary/aromatic N) is 5. The van der Waals surface area contributed by atoms with Gasteiger partial charge in [-0.2, -0.15) is 13.2 Å². The molecule has 0 radical (unpaired) electrons. The highest BCUT2D eigenvalue weighted by Gasteiger charge is 2.31. The second kappa shape index (κ2) is 10.4. The van der Waals surface area contributed by atoms with Crippen molar-refractivity contribution in [1.82, 2.24) is 24.3 Å². The summed E-state index contributed by atoms with van der Waals surface area (Å²) in [5.74, 6) is -1.59. The van der Waals surface area contributed by atoms with Crippen LogP contribution in [0.2, 0.25) is 0 Å². The summed E-state index contributed by atoms with van der Waals surface area (Å²) in [7, 11) is 0. The Kier molecular flexibility index (Phi) is 7.00. The number of carbonyl (C=O) groups excluding carboxylic acids is 2. The van der Waals surface area contributed by atoms with Crippen LogP contribution in [0.3, 0.4) is 0 Å². The Balaban J connectivity index is 1.47. The summed E-state index contributed by atoms with van der Waals surface area (Å²) < 4.78 is 61.1. The molecule has 0 bridgehead atoms. The number of nitrogens with two attached hydrogens (primary N) is 1. The van der Waals surface area contributed by atoms with E-state index in [2.05, 4.69) is 15.3 Å². The molecule has 4 aromatic rings. The van der Waals surface area contributed by atoms with Gasteiger partial charge in [-0.05, 0) is 36.8 Å². The first-order valence-electron chi connectivity index (χ1n) is 12.3. The van der Waals surface area contributed by atoms with E-state index in [0.717, 1.165) is 18.3 Å². The predicted octanol–water partition coefficient (Wildman–Crippen LogP) is 4.73. The monoisotopic (exact) mass is 557 g/mol. The number of carbonyl (C=O) groups is 2. The fourth-order valence-electron chi connectivity index (χ4n) is 4.53. The summed E-state index contributed by atoms with van der Waals surface area (Å²) in [5, 5.41) is 2.25. The van der Waals surface area contributed by atoms with Crippen LogP contribution in [0.15, 0.2) is 48.9 Å². The summed E-state index contributed by atoms with van der Waals surface area (Å²) in [6.45, 7) is 3.02. The van der Waals surface area contributed by atoms with Gasteiger partial charge in [0.15, 0.2) is 0 Å². The lowest BCUT2D eigenvalue weighted by Crippen LogP contribution is -2.30. The van der Waals surface area contributed by atoms with E-state index in [1.807, 2.05) is 6.92 Å². The number of halogens is 4. The van der Waals surface area contributed by atoms with Crippen LogP contribution in [0.5, 0.6) is 0 Å². The molecule has 1 saturated heterocycles. The number of imidazole rings is 1. The number of benzene rings is 1. The average Bonchev–Trinajstić information content (AvgIpc) is 3.50. The number of pyridine rings is 1. The number of fused-ring (bicyclic) bond motifs is 1. The number of cyclic esters (lactones) is 1. The Morgan fingerprint density at radius 2 is 2.00 bits per heavy atom. The molecule has 2 amide bonds. The lowest BCUT2D eigenvalue weighted by atomic mass is 10.1. The topological polar surface area (TPSA) is 128 Å². The van der Waals surface area contributed by atoms with E-state index in [0.29, 0.717) is 43.5 Å². The predicted molar refractivity (Wildman–Crippen MR) is 136 cm³/mol. The second-order valence-electron chi connectivity index (χ2n) is 9.09. The Labute approximate surface area is 224 Å². The molecule has 1 atom stereocenters. The highest BCUT2D eigenvalue weighted by molar-refractivity contribution is 6.04. The molecule has 5 rings (SSSR count). The Hall–Kier alpha value is -4.75. The first-order chi connectivity index (χ1) is 19.1. The van der Waals surface area contributed by atoms with Crippen molar-refractivity contribution >= 4 is 29.2 Å². The maximum absolute atomic E-state index is 15.5. The largest absolute Gasteiger partial charge is 0.448 e. The van der Waals surface area contributed by atoms with E-state index in [-0.39, 0.29) is 34.4 Å². The third-order valence-electron chi connectivity index (χ3n) is 6.57. The standard InChI is InChI=1S/C26H23F4N7O3/c1-2-14(13-36-9-10-40-25(36)39)23-35-20(21-22(31)33-7-8-37(21)23)17-4-3-15(11-18(17)27)24(38)34-19-12-16(5-6-32-19)26(28,29)30/h3-8,11-12,14H,2,9-10,13H2,1H3,(H2,31,33)(H,32,34,38). The van der Waals surface area contributed by atoms with Crippen molar-refractivity contribution in [3.63, 3.8) is 0 Å². The third-order valence-corrected chi connectivity index (χ3v) is 6.57. The van der Waals surface area contributed by atoms with Crippen molar-refractivity contribution < 1.29 is 31.9 Å². The molecule has 14 heteroatoms. The number of rotatable bonds is 7. The number of nitrogens with one attached hydrogen (secondary N) is 1. The van der Waals surface area contributed by atoms with Crippen LogP contribution < -0.4 is 11.1 Å². The molecular formula is C26H23F4N7O3. The molecule has 0 spiro atoms. The first kappa shape index (κ1) is 26.8. The van der Waals surface area contributed by atoms with Gasteiger partial charge in [0.2, 0.25) is 0 Å². The van der Waals surface area contributed by atoms with Crippen molar-refractivity contribution in [2.45, 2.75) is 25.4 Å². The molecule has 10 nitrogen and oxygen atoms in total. The van der Waals surface area contributed by atoms with Crippen molar-refractivity contribution in [3.05, 3.63) is 71.7 Å². The molecule has 1 aliphatic rings. The van der Waals surface area contributed by atoms with Gasteiger partial charge in [0.05, 0.1) is 12.1 Å². The summed E-state index contributed by atoms with van der Waals surface area (Å²) in [6, 6.07) is 5.06. The van der Waals surface area contributed by atoms with E-state index in [9.17, 15) is 22.8 Å². The molecule has 0 aliphatic carbocycles. The van der Waals surface area contributed by atoms with E-state index >= 15 is 4.39 Å². The van der Waals surface area contributed by atoms with Gasteiger partial charge in [0.25, 0.3) is 5.91 Å². The first-order valence-corrected chi connectivity index (χ1v) is 12.3. The number of anilines is 2. The summed E-state index contributed by atoms with van der Waals surface area (Å²) in [5.41, 5.74) is 5.60. The lowest BCUT2D eigenvalue weighted by molar-refractivity contribution is -0.137. The van der Waals surface area contributed by atoms with E-state index in [1.54, 1.807) is 15.5 Å². The highest BCUT2D eigenvalue weighted by Crippen LogP contribution is 2.34. The zero-order chi connectivity index (χ0) is 28.6. The number of hydrogen-bond acceptors (Lipinski definition) is 7. The summed E-state index contributed by atoms with van der Waals surface area (Å²) >= 11 is 0. The van der Waals surface area contributed by atoms with Gasteiger partial charge in [-0.3, -0.25) is 9.20 Å². The number of ether oxygens (including phenoxy) is 1. The lowest BCUT2D eigenvalue weighted by Gasteiger charge is -2.20. The van der Waals surface area contributed by atoms with Gasteiger partial charge in [0, 0.05) is 42.2 Å². The van der Waals surface area contributed by atoms with Gasteiger partial charge in [-0.15, -0.1) is 0 Å². The zero-order valence-corrected chi connectivity index (χ0v) is 21.1. The molecule has 0 saturated carbocycles. The van der Waals surface area contributed by atoms with Crippen LogP contribution in [0.4, 0.5) is 34.0 Å². The number of nitrogen functional groups attached to an aromatic ring is 1. The van der Waals surface area contributed by atoms with Crippen LogP contribution in [-0.4, -0.2) is 55.9 Å². The van der Waals surface area contributed by atoms with Crippen molar-refractivity contribution in [2.24, 2.45) is 0 Å². The maximum Gasteiger partial charge on any atom is 0.416 e. The SMILES string of the molecule is CCC(CN1CCOC1=O)c1nc(-c2ccc(C(=O)Nc3cc(C(F)(F)F)ccn3)cc2F)c2c(N)nccn12. The Morgan fingerprint density at radius 3 is 2.67 bits per heavy atom. The van der Waals surface area contributed by atoms with Crippen molar-refractivity contribution in [1.29, 1.82) is 0 Å². The van der Waals surface area contributed by atoms with E-state index < -0.39 is 29.6 Å². The van der Waals surface area contributed by atoms with Crippen LogP contribution in [-0.2, 0) is 10.9 Å². The number of alkyl halides is 3. The van der Waals surface area contributed by atoms with Crippen LogP contribution in [0.25, 0.3) is 16.8 Å². The highest BCUT2D eigenvalue weighted by atomic mass is 19.4. The van der Waals surface area contributed by atoms with E-state index in [1.165, 1.54) is 18.3 Å². The van der Waals surface area contributed by atoms with Crippen LogP contribution in [0, 0.1) is 5.82 Å². The third kappa shape index (κ3) is 5.11. The Morgan fingerprint density at radius 1 is 1.20 bits per heavy atom. The molecule has 3 N–H and O–H groups in total. The minimum absolute atomic E-state index is 0.0348. The number of aromatic nitrogens is 4. The maximum atomic E-state index is 15.5. The molecule has 3 aromatic heterocycles. The number of amides is 2. The van der Waals surface area contributed by atoms with Gasteiger partial charge in [-0.1, -0.05) is 6.92 Å². The van der Waals surface area contributed by atoms with Gasteiger partial charge in [-0.25, -0.2) is 24.1 Å². The van der Waals surface area contributed by atoms with Crippen LogP contribution in [0.1, 0.15) is 41.0 Å². The van der Waals surface area contributed by atoms with Gasteiger partial charge >= 0.3 is 12.3 Å². The molecule has 1 fully saturated rings. The zero-order valence-electron chi connectivity index (χ0n) is 21.1. The quantitative estimate of drug-likeness (QED) is 0.315. The average molecular weight is 558 g/mol. The molecule has 1 unspecified atom stereocenters. The van der Waals surface area contributed by atoms with Gasteiger partial charge in [0.1, 0.15) is 41.1 Å². The molecular weight excluding hydrogens is 534 g/mol. The minimum atomic E-state index is -4.62. The molecule has 40 heavy (non-hydrogen) atoms. The summed E-state index contributed by atoms with van der Waals surface area (Å²) in [6.07, 6.45) is -0.382. The summed E-state index contributed by atoms with van der Waals surface area (Å²) in [4.78, 5) is 38.8. The molecule has 1 aromatic carbocycles. The fraction of sp³-hybridized carbons (Fsp3) is 0.269.